The second-order valence-electron chi connectivity index (χ2n) is 5.21. The van der Waals surface area contributed by atoms with Gasteiger partial charge in [0.15, 0.2) is 0 Å². The van der Waals surface area contributed by atoms with Crippen molar-refractivity contribution < 1.29 is 0 Å². The van der Waals surface area contributed by atoms with Crippen LogP contribution in [0.25, 0.3) is 10.1 Å². The first-order valence-corrected chi connectivity index (χ1v) is 7.20. The second-order valence-corrected chi connectivity index (χ2v) is 6.31. The summed E-state index contributed by atoms with van der Waals surface area (Å²) >= 11 is 1.97. The molecule has 0 spiro atoms. The lowest BCUT2D eigenvalue weighted by Crippen LogP contribution is -2.14. The van der Waals surface area contributed by atoms with Crippen molar-refractivity contribution in [2.45, 2.75) is 46.2 Å². The maximum Gasteiger partial charge on any atom is 0.0380 e. The van der Waals surface area contributed by atoms with Crippen molar-refractivity contribution >= 4 is 21.4 Å². The van der Waals surface area contributed by atoms with Gasteiger partial charge in [0.1, 0.15) is 0 Å². The van der Waals surface area contributed by atoms with Gasteiger partial charge in [-0.2, -0.15) is 0 Å². The Kier molecular flexibility index (Phi) is 2.72. The van der Waals surface area contributed by atoms with E-state index in [4.69, 9.17) is 0 Å². The molecule has 1 aliphatic carbocycles. The molecule has 1 nitrogen and oxygen atoms in total. The zero-order chi connectivity index (χ0) is 12.0. The van der Waals surface area contributed by atoms with Crippen molar-refractivity contribution in [3.63, 3.8) is 0 Å². The summed E-state index contributed by atoms with van der Waals surface area (Å²) in [7, 11) is 0. The molecular formula is C15H19NS. The Morgan fingerprint density at radius 3 is 2.53 bits per heavy atom. The van der Waals surface area contributed by atoms with E-state index in [1.54, 1.807) is 0 Å². The van der Waals surface area contributed by atoms with E-state index in [9.17, 15) is 0 Å². The van der Waals surface area contributed by atoms with Gasteiger partial charge in [-0.3, -0.25) is 0 Å². The highest BCUT2D eigenvalue weighted by Crippen LogP contribution is 2.35. The zero-order valence-corrected chi connectivity index (χ0v) is 11.6. The Morgan fingerprint density at radius 2 is 1.88 bits per heavy atom. The van der Waals surface area contributed by atoms with Crippen molar-refractivity contribution in [1.29, 1.82) is 0 Å². The fourth-order valence-corrected chi connectivity index (χ4v) is 3.72. The largest absolute Gasteiger partial charge is 0.309 e. The summed E-state index contributed by atoms with van der Waals surface area (Å²) < 4.78 is 1.48. The highest BCUT2D eigenvalue weighted by molar-refractivity contribution is 7.19. The first kappa shape index (κ1) is 11.2. The number of rotatable bonds is 3. The molecule has 0 radical (unpaired) electrons. The number of aryl methyl sites for hydroxylation is 3. The number of hydrogen-bond acceptors (Lipinski definition) is 2. The van der Waals surface area contributed by atoms with Crippen molar-refractivity contribution in [2.75, 3.05) is 0 Å². The third kappa shape index (κ3) is 2.00. The van der Waals surface area contributed by atoms with Crippen LogP contribution in [0.1, 0.15) is 34.4 Å². The predicted molar refractivity (Wildman–Crippen MR) is 75.9 cm³/mol. The number of benzene rings is 1. The van der Waals surface area contributed by atoms with Gasteiger partial charge < -0.3 is 5.32 Å². The molecule has 1 aromatic carbocycles. The molecule has 0 amide bonds. The Labute approximate surface area is 107 Å². The molecule has 1 aromatic heterocycles. The molecule has 2 aromatic rings. The minimum Gasteiger partial charge on any atom is -0.309 e. The van der Waals surface area contributed by atoms with Gasteiger partial charge in [-0.05, 0) is 55.7 Å². The second kappa shape index (κ2) is 4.11. The lowest BCUT2D eigenvalue weighted by atomic mass is 10.0. The topological polar surface area (TPSA) is 12.0 Å². The Morgan fingerprint density at radius 1 is 1.18 bits per heavy atom. The quantitative estimate of drug-likeness (QED) is 0.859. The van der Waals surface area contributed by atoms with Gasteiger partial charge >= 0.3 is 0 Å². The molecule has 1 aliphatic rings. The molecule has 0 aliphatic heterocycles. The van der Waals surface area contributed by atoms with Gasteiger partial charge in [-0.15, -0.1) is 11.3 Å². The van der Waals surface area contributed by atoms with Crippen molar-refractivity contribution in [3.8, 4) is 0 Å². The zero-order valence-electron chi connectivity index (χ0n) is 10.8. The van der Waals surface area contributed by atoms with Gasteiger partial charge in [0.25, 0.3) is 0 Å². The summed E-state index contributed by atoms with van der Waals surface area (Å²) in [6, 6.07) is 5.28. The van der Waals surface area contributed by atoms with Crippen LogP contribution in [0.4, 0.5) is 0 Å². The Bertz CT molecular complexity index is 564. The first-order chi connectivity index (χ1) is 8.16. The van der Waals surface area contributed by atoms with Crippen LogP contribution in [-0.2, 0) is 6.54 Å². The number of thiophene rings is 1. The van der Waals surface area contributed by atoms with Crippen LogP contribution < -0.4 is 5.32 Å². The van der Waals surface area contributed by atoms with Gasteiger partial charge in [-0.25, -0.2) is 0 Å². The number of hydrogen-bond donors (Lipinski definition) is 1. The molecule has 17 heavy (non-hydrogen) atoms. The van der Waals surface area contributed by atoms with Crippen LogP contribution in [0.15, 0.2) is 12.1 Å². The van der Waals surface area contributed by atoms with Crippen LogP contribution in [-0.4, -0.2) is 6.04 Å². The summed E-state index contributed by atoms with van der Waals surface area (Å²) in [6.07, 6.45) is 2.73. The third-order valence-corrected chi connectivity index (χ3v) is 5.14. The van der Waals surface area contributed by atoms with Crippen LogP contribution in [0.3, 0.4) is 0 Å². The minimum atomic E-state index is 0.793. The molecule has 1 N–H and O–H groups in total. The fraction of sp³-hybridized carbons (Fsp3) is 0.467. The molecular weight excluding hydrogens is 226 g/mol. The maximum absolute atomic E-state index is 3.62. The molecule has 0 atom stereocenters. The summed E-state index contributed by atoms with van der Waals surface area (Å²) in [6.45, 7) is 7.76. The van der Waals surface area contributed by atoms with Crippen molar-refractivity contribution in [3.05, 3.63) is 33.7 Å². The molecule has 1 saturated carbocycles. The fourth-order valence-electron chi connectivity index (χ4n) is 2.42. The normalized spacial score (nSPS) is 15.7. The highest BCUT2D eigenvalue weighted by atomic mass is 32.1. The average molecular weight is 245 g/mol. The van der Waals surface area contributed by atoms with E-state index in [-0.39, 0.29) is 0 Å². The lowest BCUT2D eigenvalue weighted by Gasteiger charge is -2.02. The summed E-state index contributed by atoms with van der Waals surface area (Å²) in [5, 5.41) is 5.11. The Hall–Kier alpha value is -0.860. The molecule has 0 saturated heterocycles. The number of nitrogens with one attached hydrogen (secondary N) is 1. The van der Waals surface area contributed by atoms with Gasteiger partial charge in [0.05, 0.1) is 0 Å². The molecule has 1 heterocycles. The summed E-state index contributed by atoms with van der Waals surface area (Å²) in [4.78, 5) is 1.52. The van der Waals surface area contributed by atoms with Crippen LogP contribution in [0.5, 0.6) is 0 Å². The van der Waals surface area contributed by atoms with E-state index < -0.39 is 0 Å². The third-order valence-electron chi connectivity index (χ3n) is 3.71. The smallest absolute Gasteiger partial charge is 0.0380 e. The van der Waals surface area contributed by atoms with E-state index in [2.05, 4.69) is 38.2 Å². The van der Waals surface area contributed by atoms with Gasteiger partial charge in [-0.1, -0.05) is 12.1 Å². The molecule has 3 rings (SSSR count). The predicted octanol–water partition coefficient (Wildman–Crippen LogP) is 4.08. The van der Waals surface area contributed by atoms with Crippen molar-refractivity contribution in [1.82, 2.24) is 5.32 Å². The van der Waals surface area contributed by atoms with Crippen LogP contribution in [0.2, 0.25) is 0 Å². The minimum absolute atomic E-state index is 0.793. The molecule has 90 valence electrons. The SMILES string of the molecule is Cc1ccc(C)c2c(C)c(CNC3CC3)sc12. The number of fused-ring (bicyclic) bond motifs is 1. The van der Waals surface area contributed by atoms with Gasteiger partial charge in [0, 0.05) is 22.2 Å². The van der Waals surface area contributed by atoms with Crippen molar-refractivity contribution in [2.24, 2.45) is 0 Å². The van der Waals surface area contributed by atoms with E-state index in [1.807, 2.05) is 11.3 Å². The van der Waals surface area contributed by atoms with E-state index in [0.717, 1.165) is 12.6 Å². The maximum atomic E-state index is 3.62. The van der Waals surface area contributed by atoms with E-state index >= 15 is 0 Å². The van der Waals surface area contributed by atoms with Crippen LogP contribution in [0, 0.1) is 20.8 Å². The van der Waals surface area contributed by atoms with E-state index in [0.29, 0.717) is 0 Å². The highest BCUT2D eigenvalue weighted by Gasteiger charge is 2.21. The first-order valence-electron chi connectivity index (χ1n) is 6.38. The monoisotopic (exact) mass is 245 g/mol. The summed E-state index contributed by atoms with van der Waals surface area (Å²) in [5.41, 5.74) is 4.31. The molecule has 2 heteroatoms. The van der Waals surface area contributed by atoms with Gasteiger partial charge in [0.2, 0.25) is 0 Å². The molecule has 0 bridgehead atoms. The standard InChI is InChI=1S/C15H19NS/c1-9-4-5-10(2)15-14(9)11(3)13(17-15)8-16-12-6-7-12/h4-5,12,16H,6-8H2,1-3H3. The Balaban J connectivity index is 2.03. The molecule has 0 unspecified atom stereocenters. The van der Waals surface area contributed by atoms with E-state index in [1.165, 1.54) is 44.5 Å². The lowest BCUT2D eigenvalue weighted by molar-refractivity contribution is 0.693. The molecule has 1 fully saturated rings. The summed E-state index contributed by atoms with van der Waals surface area (Å²) in [5.74, 6) is 0. The average Bonchev–Trinajstić information content (AvgIpc) is 3.06. The van der Waals surface area contributed by atoms with Crippen LogP contribution >= 0.6 is 11.3 Å².